The monoisotopic (exact) mass is 532 g/mol. The fraction of sp³-hybridized carbons (Fsp3) is 0.444. The molecule has 1 aliphatic rings. The number of piperazine rings is 1. The van der Waals surface area contributed by atoms with Crippen molar-refractivity contribution in [3.63, 3.8) is 0 Å². The van der Waals surface area contributed by atoms with Crippen LogP contribution in [0.15, 0.2) is 30.9 Å². The Bertz CT molecular complexity index is 1450. The number of rotatable bonds is 9. The van der Waals surface area contributed by atoms with Crippen molar-refractivity contribution in [1.29, 1.82) is 0 Å². The van der Waals surface area contributed by atoms with Gasteiger partial charge in [-0.15, -0.1) is 5.10 Å². The van der Waals surface area contributed by atoms with Crippen LogP contribution < -0.4 is 15.4 Å². The average molecular weight is 533 g/mol. The molecule has 12 heteroatoms. The molecule has 4 aromatic rings. The third kappa shape index (κ3) is 5.57. The second kappa shape index (κ2) is 11.4. The lowest BCUT2D eigenvalue weighted by molar-refractivity contribution is -0.122. The maximum atomic E-state index is 13.3. The van der Waals surface area contributed by atoms with E-state index < -0.39 is 0 Å². The average Bonchev–Trinajstić information content (AvgIpc) is 3.50. The summed E-state index contributed by atoms with van der Waals surface area (Å²) in [5.41, 5.74) is 4.03. The first-order valence-corrected chi connectivity index (χ1v) is 13.3. The van der Waals surface area contributed by atoms with E-state index in [1.54, 1.807) is 17.1 Å². The van der Waals surface area contributed by atoms with E-state index in [4.69, 9.17) is 9.72 Å². The van der Waals surface area contributed by atoms with E-state index in [9.17, 15) is 4.79 Å². The molecule has 1 atom stereocenters. The van der Waals surface area contributed by atoms with Crippen LogP contribution in [0.2, 0.25) is 0 Å². The predicted molar refractivity (Wildman–Crippen MR) is 151 cm³/mol. The molecule has 4 aromatic heterocycles. The molecule has 1 unspecified atom stereocenters. The lowest BCUT2D eigenvalue weighted by Gasteiger charge is -2.36. The number of ether oxygens (including phenoxy) is 1. The van der Waals surface area contributed by atoms with Crippen LogP contribution in [0.3, 0.4) is 0 Å². The minimum absolute atomic E-state index is 0.0375. The Hall–Kier alpha value is -4.03. The van der Waals surface area contributed by atoms with Gasteiger partial charge in [-0.05, 0) is 38.9 Å². The summed E-state index contributed by atoms with van der Waals surface area (Å²) in [4.78, 5) is 35.0. The summed E-state index contributed by atoms with van der Waals surface area (Å²) in [5.74, 6) is 1.40. The van der Waals surface area contributed by atoms with Crippen molar-refractivity contribution in [2.45, 2.75) is 33.2 Å². The predicted octanol–water partition coefficient (Wildman–Crippen LogP) is 3.17. The van der Waals surface area contributed by atoms with Crippen molar-refractivity contribution < 1.29 is 9.53 Å². The van der Waals surface area contributed by atoms with E-state index in [2.05, 4.69) is 54.5 Å². The number of nitrogens with zero attached hydrogens (tertiary/aromatic N) is 7. The number of amides is 1. The third-order valence-corrected chi connectivity index (χ3v) is 7.06. The van der Waals surface area contributed by atoms with Crippen molar-refractivity contribution in [1.82, 2.24) is 39.5 Å². The van der Waals surface area contributed by atoms with Gasteiger partial charge in [-0.2, -0.15) is 0 Å². The largest absolute Gasteiger partial charge is 0.475 e. The molecular formula is C27H36N10O2. The molecule has 0 aromatic carbocycles. The molecule has 206 valence electrons. The molecule has 3 N–H and O–H groups in total. The van der Waals surface area contributed by atoms with Crippen molar-refractivity contribution in [3.05, 3.63) is 36.4 Å². The molecule has 1 aliphatic heterocycles. The fourth-order valence-corrected chi connectivity index (χ4v) is 4.98. The molecule has 1 fully saturated rings. The Kier molecular flexibility index (Phi) is 7.75. The Morgan fingerprint density at radius 3 is 2.72 bits per heavy atom. The zero-order chi connectivity index (χ0) is 27.5. The number of carbonyl (C=O) groups excluding carboxylic acids is 1. The first-order chi connectivity index (χ1) is 18.9. The number of H-pyrrole nitrogens is 1. The molecule has 0 aliphatic carbocycles. The van der Waals surface area contributed by atoms with E-state index in [1.165, 1.54) is 0 Å². The summed E-state index contributed by atoms with van der Waals surface area (Å²) in [5, 5.41) is 11.6. The topological polar surface area (TPSA) is 129 Å². The van der Waals surface area contributed by atoms with Crippen LogP contribution in [0.5, 0.6) is 5.88 Å². The van der Waals surface area contributed by atoms with Crippen LogP contribution in [-0.4, -0.2) is 91.3 Å². The first-order valence-electron chi connectivity index (χ1n) is 13.3. The molecule has 5 rings (SSSR count). The summed E-state index contributed by atoms with van der Waals surface area (Å²) < 4.78 is 7.30. The van der Waals surface area contributed by atoms with Crippen LogP contribution >= 0.6 is 0 Å². The van der Waals surface area contributed by atoms with Gasteiger partial charge in [0.05, 0.1) is 30.1 Å². The molecule has 39 heavy (non-hydrogen) atoms. The summed E-state index contributed by atoms with van der Waals surface area (Å²) in [7, 11) is 3.94. The van der Waals surface area contributed by atoms with Crippen LogP contribution in [0.1, 0.15) is 25.8 Å². The van der Waals surface area contributed by atoms with Gasteiger partial charge < -0.3 is 25.3 Å². The number of pyridine rings is 1. The Morgan fingerprint density at radius 1 is 1.18 bits per heavy atom. The minimum Gasteiger partial charge on any atom is -0.475 e. The van der Waals surface area contributed by atoms with Gasteiger partial charge in [0.15, 0.2) is 5.82 Å². The van der Waals surface area contributed by atoms with E-state index >= 15 is 0 Å². The van der Waals surface area contributed by atoms with Crippen molar-refractivity contribution in [2.24, 2.45) is 7.05 Å². The van der Waals surface area contributed by atoms with Gasteiger partial charge >= 0.3 is 0 Å². The van der Waals surface area contributed by atoms with Crippen LogP contribution in [0, 0.1) is 6.92 Å². The number of nitrogens with one attached hydrogen (secondary N) is 3. The Morgan fingerprint density at radius 2 is 1.97 bits per heavy atom. The number of fused-ring (bicyclic) bond motifs is 1. The number of hydrogen-bond donors (Lipinski definition) is 3. The molecule has 1 saturated heterocycles. The summed E-state index contributed by atoms with van der Waals surface area (Å²) in [6.07, 6.45) is 7.96. The highest BCUT2D eigenvalue weighted by Gasteiger charge is 2.28. The molecule has 0 saturated carbocycles. The zero-order valence-electron chi connectivity index (χ0n) is 23.2. The number of aryl methyl sites for hydroxylation is 2. The Labute approximate surface area is 227 Å². The van der Waals surface area contributed by atoms with Crippen LogP contribution in [-0.2, 0) is 11.8 Å². The van der Waals surface area contributed by atoms with Gasteiger partial charge in [-0.25, -0.2) is 15.0 Å². The van der Waals surface area contributed by atoms with Gasteiger partial charge in [0.25, 0.3) is 5.88 Å². The molecule has 0 bridgehead atoms. The highest BCUT2D eigenvalue weighted by molar-refractivity contribution is 6.05. The molecule has 1 amide bonds. The van der Waals surface area contributed by atoms with Gasteiger partial charge in [-0.3, -0.25) is 14.4 Å². The number of likely N-dealkylation sites (N-methyl/N-ethyl adjacent to an activating group) is 1. The maximum absolute atomic E-state index is 13.3. The van der Waals surface area contributed by atoms with E-state index in [1.807, 2.05) is 39.4 Å². The lowest BCUT2D eigenvalue weighted by Crippen LogP contribution is -2.52. The zero-order valence-corrected chi connectivity index (χ0v) is 23.2. The van der Waals surface area contributed by atoms with Crippen molar-refractivity contribution in [3.8, 4) is 17.1 Å². The van der Waals surface area contributed by atoms with Crippen LogP contribution in [0.25, 0.3) is 22.2 Å². The van der Waals surface area contributed by atoms with Gasteiger partial charge in [-0.1, -0.05) is 6.92 Å². The second-order valence-electron chi connectivity index (χ2n) is 9.84. The lowest BCUT2D eigenvalue weighted by atomic mass is 10.1. The number of aromatic amines is 1. The molecular weight excluding hydrogens is 496 g/mol. The quantitative estimate of drug-likeness (QED) is 0.298. The highest BCUT2D eigenvalue weighted by Crippen LogP contribution is 2.33. The van der Waals surface area contributed by atoms with E-state index in [0.717, 1.165) is 60.3 Å². The second-order valence-corrected chi connectivity index (χ2v) is 9.84. The van der Waals surface area contributed by atoms with Gasteiger partial charge in [0.1, 0.15) is 5.69 Å². The highest BCUT2D eigenvalue weighted by atomic mass is 16.5. The molecule has 0 radical (unpaired) electrons. The number of hydrogen-bond acceptors (Lipinski definition) is 9. The van der Waals surface area contributed by atoms with Crippen LogP contribution in [0.4, 0.5) is 17.5 Å². The third-order valence-electron chi connectivity index (χ3n) is 7.06. The summed E-state index contributed by atoms with van der Waals surface area (Å²) in [6.45, 7) is 10.1. The number of carbonyl (C=O) groups is 1. The Balaban J connectivity index is 1.41. The number of anilines is 3. The SMILES string of the molecule is CCOc1nn(C)cc1Nc1ncc(C)c(-c2c[nH]c3c(NC(=O)C(CC)N4CCN(C)CC4)nccc23)n1. The smallest absolute Gasteiger partial charge is 0.256 e. The summed E-state index contributed by atoms with van der Waals surface area (Å²) in [6, 6.07) is 1.73. The number of aromatic nitrogens is 6. The molecule has 5 heterocycles. The normalized spacial score (nSPS) is 15.4. The fourth-order valence-electron chi connectivity index (χ4n) is 4.98. The van der Waals surface area contributed by atoms with E-state index in [0.29, 0.717) is 29.9 Å². The minimum atomic E-state index is -0.197. The molecule has 0 spiro atoms. The van der Waals surface area contributed by atoms with Crippen molar-refractivity contribution >= 4 is 34.3 Å². The van der Waals surface area contributed by atoms with E-state index in [-0.39, 0.29) is 11.9 Å². The van der Waals surface area contributed by atoms with Crippen molar-refractivity contribution in [2.75, 3.05) is 50.5 Å². The molecule has 12 nitrogen and oxygen atoms in total. The summed E-state index contributed by atoms with van der Waals surface area (Å²) >= 11 is 0. The maximum Gasteiger partial charge on any atom is 0.256 e. The standard InChI is InChI=1S/C27H36N10O2/c1-6-21(37-12-10-35(4)11-13-37)25(38)33-24-23-18(8-9-28-24)19(15-29-23)22-17(3)14-30-27(32-22)31-20-16-36(5)34-26(20)39-7-2/h8-9,14-16,21,29H,6-7,10-13H2,1-5H3,(H,28,33,38)(H,30,31,32). The first kappa shape index (κ1) is 26.6. The van der Waals surface area contributed by atoms with Gasteiger partial charge in [0, 0.05) is 62.8 Å². The van der Waals surface area contributed by atoms with Gasteiger partial charge in [0.2, 0.25) is 11.9 Å².